The van der Waals surface area contributed by atoms with E-state index in [-0.39, 0.29) is 11.2 Å². The minimum absolute atomic E-state index is 0.0619. The molecular weight excluding hydrogens is 240 g/mol. The molecule has 0 fully saturated rings. The molecule has 0 N–H and O–H groups in total. The van der Waals surface area contributed by atoms with Gasteiger partial charge >= 0.3 is 0 Å². The van der Waals surface area contributed by atoms with E-state index in [1.807, 2.05) is 13.8 Å². The first-order chi connectivity index (χ1) is 5.39. The molecule has 2 nitrogen and oxygen atoms in total. The number of sulfone groups is 1. The number of alkyl halides is 1. The lowest BCUT2D eigenvalue weighted by Crippen LogP contribution is -2.30. The summed E-state index contributed by atoms with van der Waals surface area (Å²) >= 11 is 3.38. The summed E-state index contributed by atoms with van der Waals surface area (Å²) in [4.78, 5) is 0. The second-order valence-electron chi connectivity index (χ2n) is 3.41. The van der Waals surface area contributed by atoms with Crippen LogP contribution >= 0.6 is 15.9 Å². The third-order valence-electron chi connectivity index (χ3n) is 2.35. The molecular formula is C8H17BrO2S. The predicted molar refractivity (Wildman–Crippen MR) is 56.5 cm³/mol. The summed E-state index contributed by atoms with van der Waals surface area (Å²) in [5, 5.41) is 0.764. The van der Waals surface area contributed by atoms with Gasteiger partial charge < -0.3 is 0 Å². The van der Waals surface area contributed by atoms with E-state index in [1.165, 1.54) is 6.26 Å². The molecule has 0 unspecified atom stereocenters. The van der Waals surface area contributed by atoms with Crippen molar-refractivity contribution in [1.29, 1.82) is 0 Å². The second kappa shape index (κ2) is 4.61. The largest absolute Gasteiger partial charge is 0.229 e. The number of hydrogen-bond donors (Lipinski definition) is 0. The monoisotopic (exact) mass is 256 g/mol. The van der Waals surface area contributed by atoms with Gasteiger partial charge in [-0.2, -0.15) is 0 Å². The van der Waals surface area contributed by atoms with Gasteiger partial charge in [0.25, 0.3) is 0 Å². The highest BCUT2D eigenvalue weighted by Crippen LogP contribution is 2.30. The molecule has 0 amide bonds. The molecule has 0 heterocycles. The summed E-state index contributed by atoms with van der Waals surface area (Å²) in [6.07, 6.45) is 3.11. The Hall–Kier alpha value is 0.430. The van der Waals surface area contributed by atoms with E-state index >= 15 is 0 Å². The lowest BCUT2D eigenvalue weighted by molar-refractivity contribution is 0.351. The van der Waals surface area contributed by atoms with Crippen LogP contribution < -0.4 is 0 Å². The van der Waals surface area contributed by atoms with E-state index in [2.05, 4.69) is 15.9 Å². The Kier molecular flexibility index (Phi) is 4.77. The first-order valence-corrected chi connectivity index (χ1v) is 7.31. The van der Waals surface area contributed by atoms with Crippen LogP contribution in [-0.2, 0) is 9.84 Å². The average molecular weight is 257 g/mol. The maximum absolute atomic E-state index is 11.1. The van der Waals surface area contributed by atoms with Crippen LogP contribution in [0.25, 0.3) is 0 Å². The zero-order valence-corrected chi connectivity index (χ0v) is 10.3. The molecule has 0 rings (SSSR count). The maximum Gasteiger partial charge on any atom is 0.148 e. The Morgan fingerprint density at radius 3 is 1.75 bits per heavy atom. The van der Waals surface area contributed by atoms with Gasteiger partial charge in [-0.25, -0.2) is 8.42 Å². The molecule has 0 saturated heterocycles. The third-order valence-corrected chi connectivity index (χ3v) is 4.68. The third kappa shape index (κ3) is 3.90. The molecule has 74 valence electrons. The topological polar surface area (TPSA) is 34.1 Å². The summed E-state index contributed by atoms with van der Waals surface area (Å²) in [7, 11) is -2.85. The average Bonchev–Trinajstić information content (AvgIpc) is 1.99. The first-order valence-electron chi connectivity index (χ1n) is 4.13. The van der Waals surface area contributed by atoms with Crippen molar-refractivity contribution >= 4 is 25.8 Å². The summed E-state index contributed by atoms with van der Waals surface area (Å²) < 4.78 is 22.2. The Labute approximate surface area is 83.8 Å². The van der Waals surface area contributed by atoms with Crippen molar-refractivity contribution in [1.82, 2.24) is 0 Å². The summed E-state index contributed by atoms with van der Waals surface area (Å²) in [6.45, 7) is 4.08. The molecule has 12 heavy (non-hydrogen) atoms. The lowest BCUT2D eigenvalue weighted by Gasteiger charge is -2.28. The van der Waals surface area contributed by atoms with E-state index in [9.17, 15) is 8.42 Å². The van der Waals surface area contributed by atoms with Gasteiger partial charge in [0.2, 0.25) is 0 Å². The standard InChI is InChI=1S/C8H17BrO2S/c1-4-8(5-2,6-9)7-12(3,10)11/h4-7H2,1-3H3. The van der Waals surface area contributed by atoms with E-state index in [0.29, 0.717) is 0 Å². The van der Waals surface area contributed by atoms with Crippen molar-refractivity contribution < 1.29 is 8.42 Å². The van der Waals surface area contributed by atoms with Crippen LogP contribution in [0.15, 0.2) is 0 Å². The maximum atomic E-state index is 11.1. The van der Waals surface area contributed by atoms with Crippen LogP contribution in [0, 0.1) is 5.41 Å². The lowest BCUT2D eigenvalue weighted by atomic mass is 9.87. The van der Waals surface area contributed by atoms with Gasteiger partial charge in [-0.3, -0.25) is 0 Å². The molecule has 4 heteroatoms. The van der Waals surface area contributed by atoms with Crippen molar-refractivity contribution in [3.63, 3.8) is 0 Å². The number of rotatable bonds is 5. The molecule has 0 atom stereocenters. The Bertz CT molecular complexity index is 209. The summed E-state index contributed by atoms with van der Waals surface area (Å²) in [5.41, 5.74) is -0.0619. The smallest absolute Gasteiger partial charge is 0.148 e. The fourth-order valence-electron chi connectivity index (χ4n) is 1.24. The highest BCUT2D eigenvalue weighted by molar-refractivity contribution is 9.09. The molecule has 0 radical (unpaired) electrons. The van der Waals surface area contributed by atoms with Crippen LogP contribution in [0.1, 0.15) is 26.7 Å². The van der Waals surface area contributed by atoms with Crippen LogP contribution in [0.2, 0.25) is 0 Å². The Morgan fingerprint density at radius 1 is 1.25 bits per heavy atom. The zero-order chi connectivity index (χ0) is 9.83. The van der Waals surface area contributed by atoms with Crippen molar-refractivity contribution in [3.05, 3.63) is 0 Å². The fraction of sp³-hybridized carbons (Fsp3) is 1.00. The first kappa shape index (κ1) is 12.4. The number of halogens is 1. The van der Waals surface area contributed by atoms with Crippen molar-refractivity contribution in [3.8, 4) is 0 Å². The van der Waals surface area contributed by atoms with Gasteiger partial charge in [0.15, 0.2) is 0 Å². The minimum atomic E-state index is -2.85. The van der Waals surface area contributed by atoms with Gasteiger partial charge in [-0.05, 0) is 18.3 Å². The molecule has 0 aromatic rings. The molecule has 0 saturated carbocycles. The zero-order valence-electron chi connectivity index (χ0n) is 7.93. The summed E-state index contributed by atoms with van der Waals surface area (Å²) in [6, 6.07) is 0. The normalized spacial score (nSPS) is 13.3. The fourth-order valence-corrected chi connectivity index (χ4v) is 4.11. The van der Waals surface area contributed by atoms with Crippen molar-refractivity contribution in [2.45, 2.75) is 26.7 Å². The van der Waals surface area contributed by atoms with Gasteiger partial charge in [-0.15, -0.1) is 0 Å². The summed E-state index contributed by atoms with van der Waals surface area (Å²) in [5.74, 6) is 0.290. The molecule has 0 aromatic carbocycles. The number of hydrogen-bond acceptors (Lipinski definition) is 2. The van der Waals surface area contributed by atoms with Crippen molar-refractivity contribution in [2.24, 2.45) is 5.41 Å². The highest BCUT2D eigenvalue weighted by Gasteiger charge is 2.28. The molecule has 0 aliphatic rings. The molecule has 0 aliphatic heterocycles. The quantitative estimate of drug-likeness (QED) is 0.708. The van der Waals surface area contributed by atoms with E-state index < -0.39 is 9.84 Å². The van der Waals surface area contributed by atoms with Gasteiger partial charge in [0.05, 0.1) is 5.75 Å². The molecule has 0 aromatic heterocycles. The highest BCUT2D eigenvalue weighted by atomic mass is 79.9. The van der Waals surface area contributed by atoms with E-state index in [1.54, 1.807) is 0 Å². The Balaban J connectivity index is 4.52. The molecule has 0 bridgehead atoms. The minimum Gasteiger partial charge on any atom is -0.229 e. The second-order valence-corrected chi connectivity index (χ2v) is 6.11. The molecule has 0 spiro atoms. The van der Waals surface area contributed by atoms with Crippen LogP contribution in [-0.4, -0.2) is 25.8 Å². The van der Waals surface area contributed by atoms with Gasteiger partial charge in [0.1, 0.15) is 9.84 Å². The Morgan fingerprint density at radius 2 is 1.67 bits per heavy atom. The van der Waals surface area contributed by atoms with Gasteiger partial charge in [-0.1, -0.05) is 29.8 Å². The van der Waals surface area contributed by atoms with Crippen LogP contribution in [0.4, 0.5) is 0 Å². The predicted octanol–water partition coefficient (Wildman–Crippen LogP) is 2.23. The van der Waals surface area contributed by atoms with Gasteiger partial charge in [0, 0.05) is 11.6 Å². The molecule has 0 aliphatic carbocycles. The van der Waals surface area contributed by atoms with E-state index in [0.717, 1.165) is 18.2 Å². The SMILES string of the molecule is CCC(CC)(CBr)CS(C)(=O)=O. The van der Waals surface area contributed by atoms with Crippen molar-refractivity contribution in [2.75, 3.05) is 17.3 Å². The van der Waals surface area contributed by atoms with Crippen LogP contribution in [0.3, 0.4) is 0 Å². The van der Waals surface area contributed by atoms with E-state index in [4.69, 9.17) is 0 Å². The van der Waals surface area contributed by atoms with Crippen LogP contribution in [0.5, 0.6) is 0 Å².